The number of H-pyrrole nitrogens is 1. The molecule has 0 spiro atoms. The summed E-state index contributed by atoms with van der Waals surface area (Å²) in [6, 6.07) is 15.0. The highest BCUT2D eigenvalue weighted by atomic mass is 16.2. The second-order valence-corrected chi connectivity index (χ2v) is 7.15. The van der Waals surface area contributed by atoms with E-state index in [0.29, 0.717) is 24.1 Å². The number of hydrogen-bond donors (Lipinski definition) is 2. The fraction of sp³-hybridized carbons (Fsp3) is 0.318. The lowest BCUT2D eigenvalue weighted by molar-refractivity contribution is -0.116. The molecule has 3 aromatic rings. The number of amides is 2. The maximum atomic E-state index is 12.8. The second-order valence-electron chi connectivity index (χ2n) is 7.15. The molecule has 0 bridgehead atoms. The third-order valence-corrected chi connectivity index (χ3v) is 5.10. The standard InChI is InChI=1S/C22H24N4O2/c27-21(13-12-20-23-18-10-4-5-11-19(18)24-20)25-17-9-3-2-8-16(17)22(28)26-14-6-1-7-15-26/h2-5,8-11H,1,6-7,12-15H2,(H,23,24)(H,25,27). The zero-order valence-electron chi connectivity index (χ0n) is 15.8. The number of para-hydroxylation sites is 3. The van der Waals surface area contributed by atoms with Crippen molar-refractivity contribution in [1.29, 1.82) is 0 Å². The Hall–Kier alpha value is -3.15. The molecule has 1 fully saturated rings. The third kappa shape index (κ3) is 4.06. The van der Waals surface area contributed by atoms with Crippen molar-refractivity contribution in [3.8, 4) is 0 Å². The lowest BCUT2D eigenvalue weighted by Crippen LogP contribution is -2.36. The molecular formula is C22H24N4O2. The Labute approximate surface area is 164 Å². The van der Waals surface area contributed by atoms with Gasteiger partial charge in [0.1, 0.15) is 5.82 Å². The van der Waals surface area contributed by atoms with Gasteiger partial charge in [-0.05, 0) is 43.5 Å². The van der Waals surface area contributed by atoms with Crippen LogP contribution in [0.15, 0.2) is 48.5 Å². The fourth-order valence-electron chi connectivity index (χ4n) is 3.61. The molecule has 2 amide bonds. The first-order valence-electron chi connectivity index (χ1n) is 9.82. The number of carbonyl (C=O) groups excluding carboxylic acids is 2. The van der Waals surface area contributed by atoms with Crippen LogP contribution in [-0.4, -0.2) is 39.8 Å². The molecule has 4 rings (SSSR count). The first kappa shape index (κ1) is 18.2. The average molecular weight is 376 g/mol. The maximum Gasteiger partial charge on any atom is 0.255 e. The van der Waals surface area contributed by atoms with Crippen molar-refractivity contribution >= 4 is 28.5 Å². The van der Waals surface area contributed by atoms with Gasteiger partial charge in [0.25, 0.3) is 5.91 Å². The number of aromatic nitrogens is 2. The molecule has 0 radical (unpaired) electrons. The molecular weight excluding hydrogens is 352 g/mol. The number of fused-ring (bicyclic) bond motifs is 1. The van der Waals surface area contributed by atoms with Crippen molar-refractivity contribution in [3.63, 3.8) is 0 Å². The number of benzene rings is 2. The first-order chi connectivity index (χ1) is 13.7. The molecule has 1 aliphatic heterocycles. The number of anilines is 1. The summed E-state index contributed by atoms with van der Waals surface area (Å²) in [5, 5.41) is 2.91. The fourth-order valence-corrected chi connectivity index (χ4v) is 3.61. The number of piperidine rings is 1. The zero-order valence-corrected chi connectivity index (χ0v) is 15.8. The molecule has 1 aliphatic rings. The Morgan fingerprint density at radius 2 is 1.75 bits per heavy atom. The molecule has 1 aromatic heterocycles. The molecule has 0 atom stereocenters. The summed E-state index contributed by atoms with van der Waals surface area (Å²) < 4.78 is 0. The van der Waals surface area contributed by atoms with Crippen LogP contribution in [0.3, 0.4) is 0 Å². The Bertz CT molecular complexity index is 956. The van der Waals surface area contributed by atoms with Crippen LogP contribution < -0.4 is 5.32 Å². The number of nitrogens with zero attached hydrogens (tertiary/aromatic N) is 2. The van der Waals surface area contributed by atoms with Crippen molar-refractivity contribution in [2.45, 2.75) is 32.1 Å². The molecule has 2 N–H and O–H groups in total. The number of rotatable bonds is 5. The predicted molar refractivity (Wildman–Crippen MR) is 109 cm³/mol. The van der Waals surface area contributed by atoms with Crippen LogP contribution in [0.1, 0.15) is 41.9 Å². The quantitative estimate of drug-likeness (QED) is 0.712. The van der Waals surface area contributed by atoms with Crippen LogP contribution >= 0.6 is 0 Å². The highest BCUT2D eigenvalue weighted by Gasteiger charge is 2.21. The van der Waals surface area contributed by atoms with E-state index in [-0.39, 0.29) is 11.8 Å². The van der Waals surface area contributed by atoms with Gasteiger partial charge in [0.2, 0.25) is 5.91 Å². The van der Waals surface area contributed by atoms with Crippen molar-refractivity contribution in [2.75, 3.05) is 18.4 Å². The van der Waals surface area contributed by atoms with Crippen LogP contribution in [0.25, 0.3) is 11.0 Å². The number of aromatic amines is 1. The van der Waals surface area contributed by atoms with Gasteiger partial charge in [0, 0.05) is 25.9 Å². The Kier molecular flexibility index (Phi) is 5.37. The van der Waals surface area contributed by atoms with E-state index >= 15 is 0 Å². The van der Waals surface area contributed by atoms with E-state index in [1.807, 2.05) is 41.3 Å². The summed E-state index contributed by atoms with van der Waals surface area (Å²) in [6.07, 6.45) is 4.06. The van der Waals surface area contributed by atoms with Gasteiger partial charge in [-0.2, -0.15) is 0 Å². The van der Waals surface area contributed by atoms with Gasteiger partial charge >= 0.3 is 0 Å². The Morgan fingerprint density at radius 3 is 2.57 bits per heavy atom. The highest BCUT2D eigenvalue weighted by molar-refractivity contribution is 6.03. The van der Waals surface area contributed by atoms with Crippen LogP contribution in [0.2, 0.25) is 0 Å². The SMILES string of the molecule is O=C(CCc1nc2ccccc2[nH]1)Nc1ccccc1C(=O)N1CCCCC1. The summed E-state index contributed by atoms with van der Waals surface area (Å²) in [4.78, 5) is 34.9. The summed E-state index contributed by atoms with van der Waals surface area (Å²) in [6.45, 7) is 1.57. The Balaban J connectivity index is 1.40. The van der Waals surface area contributed by atoms with Crippen molar-refractivity contribution in [1.82, 2.24) is 14.9 Å². The molecule has 28 heavy (non-hydrogen) atoms. The van der Waals surface area contributed by atoms with E-state index < -0.39 is 0 Å². The van der Waals surface area contributed by atoms with Gasteiger partial charge in [-0.1, -0.05) is 24.3 Å². The van der Waals surface area contributed by atoms with Gasteiger partial charge in [0.05, 0.1) is 22.3 Å². The van der Waals surface area contributed by atoms with Crippen LogP contribution in [-0.2, 0) is 11.2 Å². The average Bonchev–Trinajstić information content (AvgIpc) is 3.16. The highest BCUT2D eigenvalue weighted by Crippen LogP contribution is 2.20. The number of likely N-dealkylation sites (tertiary alicyclic amines) is 1. The second kappa shape index (κ2) is 8.25. The number of imidazole rings is 1. The monoisotopic (exact) mass is 376 g/mol. The minimum absolute atomic E-state index is 0.00659. The van der Waals surface area contributed by atoms with Gasteiger partial charge in [-0.25, -0.2) is 4.98 Å². The molecule has 6 heteroatoms. The van der Waals surface area contributed by atoms with Gasteiger partial charge in [-0.15, -0.1) is 0 Å². The molecule has 0 unspecified atom stereocenters. The molecule has 0 aliphatic carbocycles. The molecule has 2 aromatic carbocycles. The number of carbonyl (C=O) groups is 2. The van der Waals surface area contributed by atoms with Gasteiger partial charge in [0.15, 0.2) is 0 Å². The summed E-state index contributed by atoms with van der Waals surface area (Å²) in [7, 11) is 0. The normalized spacial score (nSPS) is 14.2. The van der Waals surface area contributed by atoms with Gasteiger partial charge < -0.3 is 15.2 Å². The Morgan fingerprint density at radius 1 is 1.00 bits per heavy atom. The van der Waals surface area contributed by atoms with Crippen molar-refractivity contribution in [3.05, 3.63) is 59.9 Å². The van der Waals surface area contributed by atoms with E-state index in [4.69, 9.17) is 0 Å². The predicted octanol–water partition coefficient (Wildman–Crippen LogP) is 3.76. The summed E-state index contributed by atoms with van der Waals surface area (Å²) >= 11 is 0. The largest absolute Gasteiger partial charge is 0.342 e. The smallest absolute Gasteiger partial charge is 0.255 e. The zero-order chi connectivity index (χ0) is 19.3. The lowest BCUT2D eigenvalue weighted by atomic mass is 10.1. The van der Waals surface area contributed by atoms with E-state index in [2.05, 4.69) is 15.3 Å². The molecule has 1 saturated heterocycles. The van der Waals surface area contributed by atoms with E-state index in [1.54, 1.807) is 12.1 Å². The molecule has 2 heterocycles. The molecule has 0 saturated carbocycles. The summed E-state index contributed by atoms with van der Waals surface area (Å²) in [5.41, 5.74) is 3.00. The van der Waals surface area contributed by atoms with Crippen LogP contribution in [0.5, 0.6) is 0 Å². The summed E-state index contributed by atoms with van der Waals surface area (Å²) in [5.74, 6) is 0.654. The number of nitrogens with one attached hydrogen (secondary N) is 2. The van der Waals surface area contributed by atoms with Crippen LogP contribution in [0.4, 0.5) is 5.69 Å². The van der Waals surface area contributed by atoms with Crippen molar-refractivity contribution in [2.24, 2.45) is 0 Å². The van der Waals surface area contributed by atoms with E-state index in [9.17, 15) is 9.59 Å². The number of aryl methyl sites for hydroxylation is 1. The maximum absolute atomic E-state index is 12.8. The van der Waals surface area contributed by atoms with Crippen molar-refractivity contribution < 1.29 is 9.59 Å². The number of hydrogen-bond acceptors (Lipinski definition) is 3. The minimum atomic E-state index is -0.126. The third-order valence-electron chi connectivity index (χ3n) is 5.10. The van der Waals surface area contributed by atoms with E-state index in [0.717, 1.165) is 42.8 Å². The molecule has 6 nitrogen and oxygen atoms in total. The van der Waals surface area contributed by atoms with Gasteiger partial charge in [-0.3, -0.25) is 9.59 Å². The lowest BCUT2D eigenvalue weighted by Gasteiger charge is -2.27. The topological polar surface area (TPSA) is 78.1 Å². The van der Waals surface area contributed by atoms with Crippen LogP contribution in [0, 0.1) is 0 Å². The molecule has 144 valence electrons. The minimum Gasteiger partial charge on any atom is -0.342 e. The van der Waals surface area contributed by atoms with E-state index in [1.165, 1.54) is 6.42 Å². The first-order valence-corrected chi connectivity index (χ1v) is 9.82.